The van der Waals surface area contributed by atoms with E-state index in [2.05, 4.69) is 0 Å². The summed E-state index contributed by atoms with van der Waals surface area (Å²) in [5.41, 5.74) is 1.26. The van der Waals surface area contributed by atoms with E-state index in [-0.39, 0.29) is 43.4 Å². The Hall–Kier alpha value is -3.38. The van der Waals surface area contributed by atoms with Gasteiger partial charge in [-0.2, -0.15) is 0 Å². The Morgan fingerprint density at radius 3 is 2.42 bits per heavy atom. The number of carbonyl (C=O) groups is 3. The van der Waals surface area contributed by atoms with Crippen LogP contribution in [-0.2, 0) is 9.59 Å². The van der Waals surface area contributed by atoms with Gasteiger partial charge in [-0.3, -0.25) is 19.3 Å². The number of nitrogens with zero attached hydrogens (tertiary/aromatic N) is 3. The van der Waals surface area contributed by atoms with E-state index in [0.717, 1.165) is 10.8 Å². The van der Waals surface area contributed by atoms with Crippen molar-refractivity contribution in [3.8, 4) is 0 Å². The zero-order valence-electron chi connectivity index (χ0n) is 18.7. The van der Waals surface area contributed by atoms with Gasteiger partial charge in [0.15, 0.2) is 0 Å². The van der Waals surface area contributed by atoms with Crippen LogP contribution in [0.1, 0.15) is 24.2 Å². The zero-order chi connectivity index (χ0) is 23.5. The van der Waals surface area contributed by atoms with Crippen molar-refractivity contribution in [1.29, 1.82) is 0 Å². The Morgan fingerprint density at radius 1 is 1.00 bits per heavy atom. The molecule has 0 unspecified atom stereocenters. The zero-order valence-corrected chi connectivity index (χ0v) is 19.5. The molecule has 0 spiro atoms. The average molecular weight is 464 g/mol. The molecule has 170 valence electrons. The highest BCUT2D eigenvalue weighted by atomic mass is 35.5. The van der Waals surface area contributed by atoms with E-state index in [0.29, 0.717) is 22.8 Å². The van der Waals surface area contributed by atoms with Crippen LogP contribution in [0.3, 0.4) is 0 Å². The first-order valence-electron chi connectivity index (χ1n) is 10.9. The molecule has 1 aliphatic rings. The Balaban J connectivity index is 1.53. The molecular formula is C26H26ClN3O3. The molecule has 0 aromatic heterocycles. The van der Waals surface area contributed by atoms with Crippen molar-refractivity contribution in [3.05, 3.63) is 77.3 Å². The van der Waals surface area contributed by atoms with Crippen LogP contribution in [0.15, 0.2) is 66.7 Å². The Bertz CT molecular complexity index is 1190. The quantitative estimate of drug-likeness (QED) is 0.543. The van der Waals surface area contributed by atoms with E-state index in [1.54, 1.807) is 40.1 Å². The van der Waals surface area contributed by atoms with Gasteiger partial charge in [-0.1, -0.05) is 61.8 Å². The monoisotopic (exact) mass is 463 g/mol. The second-order valence-electron chi connectivity index (χ2n) is 8.64. The van der Waals surface area contributed by atoms with Crippen LogP contribution < -0.4 is 4.90 Å². The summed E-state index contributed by atoms with van der Waals surface area (Å²) in [6, 6.07) is 20.3. The normalized spacial score (nSPS) is 13.8. The van der Waals surface area contributed by atoms with E-state index in [9.17, 15) is 14.4 Å². The highest BCUT2D eigenvalue weighted by molar-refractivity contribution is 6.30. The fraction of sp³-hybridized carbons (Fsp3) is 0.269. The van der Waals surface area contributed by atoms with Gasteiger partial charge in [-0.15, -0.1) is 0 Å². The molecule has 1 aliphatic heterocycles. The highest BCUT2D eigenvalue weighted by Crippen LogP contribution is 2.23. The first kappa shape index (κ1) is 22.8. The van der Waals surface area contributed by atoms with Crippen molar-refractivity contribution in [2.75, 3.05) is 31.2 Å². The summed E-state index contributed by atoms with van der Waals surface area (Å²) in [6.07, 6.45) is 0. The molecule has 1 fully saturated rings. The predicted molar refractivity (Wildman–Crippen MR) is 130 cm³/mol. The lowest BCUT2D eigenvalue weighted by Gasteiger charge is -2.27. The summed E-state index contributed by atoms with van der Waals surface area (Å²) >= 11 is 5.94. The van der Waals surface area contributed by atoms with Crippen LogP contribution in [0.25, 0.3) is 10.8 Å². The van der Waals surface area contributed by atoms with Crippen LogP contribution in [0.4, 0.5) is 5.69 Å². The number of hydrogen-bond donors (Lipinski definition) is 0. The van der Waals surface area contributed by atoms with Gasteiger partial charge < -0.3 is 9.80 Å². The summed E-state index contributed by atoms with van der Waals surface area (Å²) in [6.45, 7) is 4.51. The van der Waals surface area contributed by atoms with Crippen molar-refractivity contribution in [3.63, 3.8) is 0 Å². The number of anilines is 1. The van der Waals surface area contributed by atoms with E-state index < -0.39 is 0 Å². The lowest BCUT2D eigenvalue weighted by Crippen LogP contribution is -2.44. The highest BCUT2D eigenvalue weighted by Gasteiger charge is 2.33. The number of hydrogen-bond acceptors (Lipinski definition) is 3. The first-order valence-corrected chi connectivity index (χ1v) is 11.3. The second-order valence-corrected chi connectivity index (χ2v) is 9.07. The van der Waals surface area contributed by atoms with Gasteiger partial charge in [0, 0.05) is 22.8 Å². The second kappa shape index (κ2) is 9.63. The molecule has 0 aliphatic carbocycles. The fourth-order valence-corrected chi connectivity index (χ4v) is 4.19. The molecule has 6 nitrogen and oxygen atoms in total. The minimum Gasteiger partial charge on any atom is -0.329 e. The fourth-order valence-electron chi connectivity index (χ4n) is 4.07. The number of carbonyl (C=O) groups excluding carboxylic acids is 3. The summed E-state index contributed by atoms with van der Waals surface area (Å²) < 4.78 is 0. The molecule has 3 aromatic carbocycles. The summed E-state index contributed by atoms with van der Waals surface area (Å²) in [5, 5.41) is 2.41. The third-order valence-electron chi connectivity index (χ3n) is 5.65. The molecule has 3 aromatic rings. The van der Waals surface area contributed by atoms with Crippen molar-refractivity contribution >= 4 is 45.8 Å². The Morgan fingerprint density at radius 2 is 1.70 bits per heavy atom. The smallest absolute Gasteiger partial charge is 0.254 e. The standard InChI is InChI=1S/C26H26ClN3O3/c1-18(2)14-28(26(33)23-9-5-7-19-6-3-4-8-22(19)23)15-24(31)29-16-25(32)30(17-29)21-12-10-20(27)11-13-21/h3-13,18H,14-17H2,1-2H3. The number of fused-ring (bicyclic) bond motifs is 1. The first-order chi connectivity index (χ1) is 15.8. The maximum Gasteiger partial charge on any atom is 0.254 e. The molecule has 1 heterocycles. The van der Waals surface area contributed by atoms with E-state index in [1.165, 1.54) is 4.90 Å². The van der Waals surface area contributed by atoms with Crippen LogP contribution in [0, 0.1) is 5.92 Å². The lowest BCUT2D eigenvalue weighted by atomic mass is 10.0. The van der Waals surface area contributed by atoms with Gasteiger partial charge in [0.1, 0.15) is 19.8 Å². The van der Waals surface area contributed by atoms with Gasteiger partial charge in [0.2, 0.25) is 11.8 Å². The van der Waals surface area contributed by atoms with Gasteiger partial charge in [-0.25, -0.2) is 0 Å². The minimum atomic E-state index is -0.256. The third kappa shape index (κ3) is 5.01. The SMILES string of the molecule is CC(C)CN(CC(=O)N1CC(=O)N(c2ccc(Cl)cc2)C1)C(=O)c1cccc2ccccc12. The summed E-state index contributed by atoms with van der Waals surface area (Å²) in [5.74, 6) is -0.424. The van der Waals surface area contributed by atoms with Crippen molar-refractivity contribution in [2.24, 2.45) is 5.92 Å². The molecule has 0 saturated carbocycles. The number of rotatable bonds is 6. The number of amides is 3. The van der Waals surface area contributed by atoms with Crippen molar-refractivity contribution < 1.29 is 14.4 Å². The lowest BCUT2D eigenvalue weighted by molar-refractivity contribution is -0.132. The molecule has 0 atom stereocenters. The predicted octanol–water partition coefficient (Wildman–Crippen LogP) is 4.42. The maximum absolute atomic E-state index is 13.5. The molecule has 1 saturated heterocycles. The Kier molecular flexibility index (Phi) is 6.65. The molecule has 0 N–H and O–H groups in total. The van der Waals surface area contributed by atoms with Gasteiger partial charge in [0.25, 0.3) is 5.91 Å². The van der Waals surface area contributed by atoms with Gasteiger partial charge in [-0.05, 0) is 47.0 Å². The van der Waals surface area contributed by atoms with E-state index in [4.69, 9.17) is 11.6 Å². The number of halogens is 1. The molecule has 4 rings (SSSR count). The maximum atomic E-state index is 13.5. The molecule has 7 heteroatoms. The Labute approximate surface area is 198 Å². The van der Waals surface area contributed by atoms with E-state index in [1.807, 2.05) is 50.2 Å². The largest absolute Gasteiger partial charge is 0.329 e. The summed E-state index contributed by atoms with van der Waals surface area (Å²) in [7, 11) is 0. The molecule has 0 radical (unpaired) electrons. The van der Waals surface area contributed by atoms with Crippen LogP contribution in [-0.4, -0.2) is 53.8 Å². The molecular weight excluding hydrogens is 438 g/mol. The topological polar surface area (TPSA) is 60.9 Å². The van der Waals surface area contributed by atoms with Gasteiger partial charge >= 0.3 is 0 Å². The molecule has 0 bridgehead atoms. The minimum absolute atomic E-state index is 0.0144. The summed E-state index contributed by atoms with van der Waals surface area (Å²) in [4.78, 5) is 43.8. The van der Waals surface area contributed by atoms with E-state index >= 15 is 0 Å². The third-order valence-corrected chi connectivity index (χ3v) is 5.90. The van der Waals surface area contributed by atoms with Crippen LogP contribution in [0.2, 0.25) is 5.02 Å². The molecule has 3 amide bonds. The van der Waals surface area contributed by atoms with Gasteiger partial charge in [0.05, 0.1) is 0 Å². The van der Waals surface area contributed by atoms with Crippen LogP contribution >= 0.6 is 11.6 Å². The average Bonchev–Trinajstić information content (AvgIpc) is 3.19. The molecule has 33 heavy (non-hydrogen) atoms. The van der Waals surface area contributed by atoms with Crippen molar-refractivity contribution in [2.45, 2.75) is 13.8 Å². The van der Waals surface area contributed by atoms with Crippen molar-refractivity contribution in [1.82, 2.24) is 9.80 Å². The number of benzene rings is 3. The van der Waals surface area contributed by atoms with Crippen LogP contribution in [0.5, 0.6) is 0 Å².